The van der Waals surface area contributed by atoms with Crippen LogP contribution in [0, 0.1) is 0 Å². The van der Waals surface area contributed by atoms with Crippen LogP contribution in [-0.4, -0.2) is 81.3 Å². The lowest BCUT2D eigenvalue weighted by Gasteiger charge is -2.45. The average Bonchev–Trinajstić information content (AvgIpc) is 2.99. The van der Waals surface area contributed by atoms with E-state index in [0.29, 0.717) is 42.0 Å². The van der Waals surface area contributed by atoms with Crippen LogP contribution in [0.25, 0.3) is 0 Å². The van der Waals surface area contributed by atoms with Crippen molar-refractivity contribution >= 4 is 23.5 Å². The second-order valence-corrected chi connectivity index (χ2v) is 10.5. The van der Waals surface area contributed by atoms with Gasteiger partial charge in [-0.25, -0.2) is 24.9 Å². The summed E-state index contributed by atoms with van der Waals surface area (Å²) in [5, 5.41) is 2.88. The molecule has 0 unspecified atom stereocenters. The minimum atomic E-state index is 0.375. The summed E-state index contributed by atoms with van der Waals surface area (Å²) in [5.74, 6) is 2.95. The van der Waals surface area contributed by atoms with Gasteiger partial charge in [-0.15, -0.1) is 0 Å². The fourth-order valence-electron chi connectivity index (χ4n) is 5.65. The van der Waals surface area contributed by atoms with E-state index in [-0.39, 0.29) is 0 Å². The molecule has 0 saturated carbocycles. The first kappa shape index (κ1) is 28.3. The Labute approximate surface area is 241 Å². The smallest absolute Gasteiger partial charge is 0.237 e. The van der Waals surface area contributed by atoms with E-state index in [0.717, 1.165) is 75.7 Å². The summed E-state index contributed by atoms with van der Waals surface area (Å²) >= 11 is 6.75. The van der Waals surface area contributed by atoms with E-state index in [9.17, 15) is 0 Å². The lowest BCUT2D eigenvalue weighted by atomic mass is 9.97. The molecule has 0 spiro atoms. The molecule has 2 aliphatic heterocycles. The molecule has 2 saturated heterocycles. The Morgan fingerprint density at radius 1 is 0.850 bits per heavy atom. The van der Waals surface area contributed by atoms with Crippen LogP contribution >= 0.6 is 11.6 Å². The number of nitrogens with one attached hydrogen (secondary N) is 1. The van der Waals surface area contributed by atoms with E-state index in [1.807, 2.05) is 50.5 Å². The zero-order chi connectivity index (χ0) is 27.7. The molecule has 1 aromatic carbocycles. The maximum absolute atomic E-state index is 6.75. The molecular formula is C29H39ClN8O2. The number of benzene rings is 1. The number of aromatic nitrogens is 4. The first-order valence-electron chi connectivity index (χ1n) is 14.3. The zero-order valence-electron chi connectivity index (χ0n) is 23.4. The molecule has 0 radical (unpaired) electrons. The number of hydrazine groups is 1. The van der Waals surface area contributed by atoms with Crippen LogP contribution in [0.2, 0.25) is 5.02 Å². The fraction of sp³-hybridized carbons (Fsp3) is 0.517. The van der Waals surface area contributed by atoms with Crippen LogP contribution in [0.3, 0.4) is 0 Å². The summed E-state index contributed by atoms with van der Waals surface area (Å²) in [5.41, 5.74) is 4.38. The topological polar surface area (TPSA) is 91.8 Å². The number of ether oxygens (including phenoxy) is 2. The molecule has 5 rings (SSSR count). The van der Waals surface area contributed by atoms with Gasteiger partial charge >= 0.3 is 0 Å². The van der Waals surface area contributed by atoms with E-state index >= 15 is 0 Å². The van der Waals surface area contributed by atoms with E-state index in [1.165, 1.54) is 0 Å². The summed E-state index contributed by atoms with van der Waals surface area (Å²) in [6, 6.07) is 8.39. The van der Waals surface area contributed by atoms with Crippen LogP contribution < -0.4 is 19.8 Å². The molecule has 3 aromatic rings. The third-order valence-electron chi connectivity index (χ3n) is 7.51. The van der Waals surface area contributed by atoms with Crippen molar-refractivity contribution in [3.05, 3.63) is 59.6 Å². The van der Waals surface area contributed by atoms with Gasteiger partial charge in [0.05, 0.1) is 18.2 Å². The Morgan fingerprint density at radius 2 is 1.45 bits per heavy atom. The minimum absolute atomic E-state index is 0.375. The predicted molar refractivity (Wildman–Crippen MR) is 157 cm³/mol. The maximum atomic E-state index is 6.75. The van der Waals surface area contributed by atoms with Crippen molar-refractivity contribution in [2.45, 2.75) is 58.2 Å². The summed E-state index contributed by atoms with van der Waals surface area (Å²) in [6.45, 7) is 9.63. The highest BCUT2D eigenvalue weighted by atomic mass is 35.5. The Kier molecular flexibility index (Phi) is 9.85. The van der Waals surface area contributed by atoms with Gasteiger partial charge in [-0.2, -0.15) is 0 Å². The second kappa shape index (κ2) is 13.9. The van der Waals surface area contributed by atoms with Crippen molar-refractivity contribution in [2.75, 3.05) is 49.7 Å². The lowest BCUT2D eigenvalue weighted by Crippen LogP contribution is -2.53. The van der Waals surface area contributed by atoms with Crippen LogP contribution in [-0.2, 0) is 6.54 Å². The first-order chi connectivity index (χ1) is 19.6. The summed E-state index contributed by atoms with van der Waals surface area (Å²) in [7, 11) is 0. The molecule has 2 fully saturated rings. The average molecular weight is 567 g/mol. The molecule has 214 valence electrons. The molecule has 0 bridgehead atoms. The van der Waals surface area contributed by atoms with E-state index in [1.54, 1.807) is 12.4 Å². The van der Waals surface area contributed by atoms with E-state index in [4.69, 9.17) is 21.1 Å². The van der Waals surface area contributed by atoms with Gasteiger partial charge in [-0.05, 0) is 63.3 Å². The SMILES string of the molecule is CCOc1cc(CN2CCC(N(c3ncccn3)C3CCN(Nc4ncccn4)CC3)CC2)c(Cl)c(OCC)c1. The number of hydrogen-bond donors (Lipinski definition) is 1. The number of piperidine rings is 2. The number of rotatable bonds is 11. The van der Waals surface area contributed by atoms with Crippen molar-refractivity contribution < 1.29 is 9.47 Å². The van der Waals surface area contributed by atoms with Gasteiger partial charge in [0.25, 0.3) is 0 Å². The number of nitrogens with zero attached hydrogens (tertiary/aromatic N) is 7. The molecule has 40 heavy (non-hydrogen) atoms. The largest absolute Gasteiger partial charge is 0.494 e. The monoisotopic (exact) mass is 566 g/mol. The zero-order valence-corrected chi connectivity index (χ0v) is 24.1. The minimum Gasteiger partial charge on any atom is -0.494 e. The van der Waals surface area contributed by atoms with Crippen molar-refractivity contribution in [1.82, 2.24) is 29.8 Å². The van der Waals surface area contributed by atoms with Crippen LogP contribution in [0.15, 0.2) is 49.1 Å². The molecule has 11 heteroatoms. The standard InChI is InChI=1S/C29H39ClN8O2/c1-3-39-25-19-22(27(30)26(20-25)40-4-2)21-36-15-7-23(8-16-36)38(29-33-13-6-14-34-29)24-9-17-37(18-10-24)35-28-31-11-5-12-32-28/h5-6,11-14,19-20,23-24H,3-4,7-10,15-18,21H2,1-2H3,(H,31,32,35). The van der Waals surface area contributed by atoms with Gasteiger partial charge in [-0.1, -0.05) is 11.6 Å². The number of halogens is 1. The normalized spacial score (nSPS) is 17.5. The summed E-state index contributed by atoms with van der Waals surface area (Å²) < 4.78 is 11.6. The maximum Gasteiger partial charge on any atom is 0.237 e. The molecule has 2 aliphatic rings. The van der Waals surface area contributed by atoms with E-state index < -0.39 is 0 Å². The predicted octanol–water partition coefficient (Wildman–Crippen LogP) is 4.68. The van der Waals surface area contributed by atoms with Gasteiger partial charge in [0, 0.05) is 75.7 Å². The van der Waals surface area contributed by atoms with Gasteiger partial charge in [0.15, 0.2) is 0 Å². The third kappa shape index (κ3) is 7.10. The van der Waals surface area contributed by atoms with Crippen molar-refractivity contribution in [2.24, 2.45) is 0 Å². The van der Waals surface area contributed by atoms with Gasteiger partial charge in [0.2, 0.25) is 11.9 Å². The summed E-state index contributed by atoms with van der Waals surface area (Å²) in [4.78, 5) is 22.9. The van der Waals surface area contributed by atoms with E-state index in [2.05, 4.69) is 40.2 Å². The number of hydrogen-bond acceptors (Lipinski definition) is 10. The van der Waals surface area contributed by atoms with Crippen molar-refractivity contribution in [3.63, 3.8) is 0 Å². The molecule has 10 nitrogen and oxygen atoms in total. The molecule has 4 heterocycles. The Morgan fingerprint density at radius 3 is 2.08 bits per heavy atom. The third-order valence-corrected chi connectivity index (χ3v) is 7.94. The van der Waals surface area contributed by atoms with Gasteiger partial charge in [-0.3, -0.25) is 10.3 Å². The summed E-state index contributed by atoms with van der Waals surface area (Å²) in [6.07, 6.45) is 11.3. The Hall–Kier alpha value is -3.21. The molecule has 2 aromatic heterocycles. The lowest BCUT2D eigenvalue weighted by molar-refractivity contribution is 0.183. The molecule has 1 N–H and O–H groups in total. The molecule has 0 amide bonds. The molecule has 0 atom stereocenters. The highest BCUT2D eigenvalue weighted by molar-refractivity contribution is 6.32. The van der Waals surface area contributed by atoms with Crippen LogP contribution in [0.4, 0.5) is 11.9 Å². The van der Waals surface area contributed by atoms with Crippen molar-refractivity contribution in [1.29, 1.82) is 0 Å². The number of likely N-dealkylation sites (tertiary alicyclic amines) is 1. The highest BCUT2D eigenvalue weighted by Crippen LogP contribution is 2.35. The fourth-order valence-corrected chi connectivity index (χ4v) is 5.88. The van der Waals surface area contributed by atoms with Crippen LogP contribution in [0.1, 0.15) is 45.1 Å². The van der Waals surface area contributed by atoms with Crippen LogP contribution in [0.5, 0.6) is 11.5 Å². The second-order valence-electron chi connectivity index (χ2n) is 10.1. The highest BCUT2D eigenvalue weighted by Gasteiger charge is 2.34. The number of anilines is 2. The Bertz CT molecular complexity index is 1190. The van der Waals surface area contributed by atoms with Crippen molar-refractivity contribution in [3.8, 4) is 11.5 Å². The molecule has 0 aliphatic carbocycles. The first-order valence-corrected chi connectivity index (χ1v) is 14.7. The Balaban J connectivity index is 1.23. The van der Waals surface area contributed by atoms with Gasteiger partial charge in [0.1, 0.15) is 11.5 Å². The quantitative estimate of drug-likeness (QED) is 0.353. The van der Waals surface area contributed by atoms with Gasteiger partial charge < -0.3 is 14.4 Å². The molecular weight excluding hydrogens is 528 g/mol.